The van der Waals surface area contributed by atoms with E-state index in [9.17, 15) is 22.3 Å². The number of aromatic hydroxyl groups is 1. The van der Waals surface area contributed by atoms with E-state index in [1.54, 1.807) is 0 Å². The van der Waals surface area contributed by atoms with Crippen LogP contribution in [0.5, 0.6) is 5.75 Å². The summed E-state index contributed by atoms with van der Waals surface area (Å²) in [6.45, 7) is 0. The highest BCUT2D eigenvalue weighted by Crippen LogP contribution is 2.26. The first kappa shape index (κ1) is 14.7. The van der Waals surface area contributed by atoms with Gasteiger partial charge < -0.3 is 5.11 Å². The number of phenols is 1. The summed E-state index contributed by atoms with van der Waals surface area (Å²) in [4.78, 5) is -0.385. The van der Waals surface area contributed by atoms with Crippen LogP contribution in [0.4, 0.5) is 14.5 Å². The number of phenolic OH excluding ortho intramolecular Hbond substituents is 1. The summed E-state index contributed by atoms with van der Waals surface area (Å²) in [5.41, 5.74) is -0.806. The average Bonchev–Trinajstić information content (AvgIpc) is 2.43. The molecular formula is C13H8F2N2O3S. The molecule has 0 atom stereocenters. The van der Waals surface area contributed by atoms with Crippen LogP contribution in [0, 0.1) is 23.0 Å². The number of nitriles is 1. The third kappa shape index (κ3) is 3.09. The molecule has 2 aromatic carbocycles. The molecule has 21 heavy (non-hydrogen) atoms. The van der Waals surface area contributed by atoms with Crippen LogP contribution in [0.15, 0.2) is 41.3 Å². The fourth-order valence-corrected chi connectivity index (χ4v) is 2.64. The van der Waals surface area contributed by atoms with Crippen LogP contribution in [-0.2, 0) is 10.0 Å². The number of hydrogen-bond acceptors (Lipinski definition) is 4. The number of sulfonamides is 1. The molecule has 0 radical (unpaired) electrons. The zero-order chi connectivity index (χ0) is 15.6. The monoisotopic (exact) mass is 310 g/mol. The van der Waals surface area contributed by atoms with Crippen LogP contribution in [0.3, 0.4) is 0 Å². The van der Waals surface area contributed by atoms with Crippen molar-refractivity contribution in [2.24, 2.45) is 0 Å². The van der Waals surface area contributed by atoms with E-state index in [1.807, 2.05) is 4.72 Å². The minimum absolute atomic E-state index is 0.363. The van der Waals surface area contributed by atoms with Crippen molar-refractivity contribution in [1.82, 2.24) is 0 Å². The van der Waals surface area contributed by atoms with Gasteiger partial charge in [-0.05, 0) is 30.3 Å². The lowest BCUT2D eigenvalue weighted by atomic mass is 10.2. The lowest BCUT2D eigenvalue weighted by Crippen LogP contribution is -2.13. The van der Waals surface area contributed by atoms with Crippen molar-refractivity contribution in [3.63, 3.8) is 0 Å². The van der Waals surface area contributed by atoms with Crippen molar-refractivity contribution in [1.29, 1.82) is 5.26 Å². The van der Waals surface area contributed by atoms with Crippen LogP contribution >= 0.6 is 0 Å². The molecule has 0 heterocycles. The molecule has 0 aromatic heterocycles. The van der Waals surface area contributed by atoms with E-state index < -0.39 is 33.0 Å². The van der Waals surface area contributed by atoms with Gasteiger partial charge in [-0.15, -0.1) is 0 Å². The van der Waals surface area contributed by atoms with Crippen LogP contribution in [0.1, 0.15) is 5.56 Å². The molecule has 0 spiro atoms. The summed E-state index contributed by atoms with van der Waals surface area (Å²) >= 11 is 0. The first-order chi connectivity index (χ1) is 9.83. The summed E-state index contributed by atoms with van der Waals surface area (Å²) in [6, 6.07) is 6.88. The minimum atomic E-state index is -4.20. The van der Waals surface area contributed by atoms with E-state index in [0.29, 0.717) is 0 Å². The molecule has 0 amide bonds. The summed E-state index contributed by atoms with van der Waals surface area (Å²) in [7, 11) is -4.20. The van der Waals surface area contributed by atoms with Crippen molar-refractivity contribution in [3.8, 4) is 11.8 Å². The summed E-state index contributed by atoms with van der Waals surface area (Å²) < 4.78 is 52.3. The Morgan fingerprint density at radius 3 is 2.52 bits per heavy atom. The topological polar surface area (TPSA) is 90.2 Å². The van der Waals surface area contributed by atoms with Crippen LogP contribution in [0.25, 0.3) is 0 Å². The predicted molar refractivity (Wildman–Crippen MR) is 70.0 cm³/mol. The van der Waals surface area contributed by atoms with E-state index >= 15 is 0 Å². The average molecular weight is 310 g/mol. The quantitative estimate of drug-likeness (QED) is 0.851. The Kier molecular flexibility index (Phi) is 3.78. The zero-order valence-corrected chi connectivity index (χ0v) is 11.2. The Balaban J connectivity index is 2.44. The number of halogens is 2. The Bertz CT molecular complexity index is 845. The van der Waals surface area contributed by atoms with E-state index in [1.165, 1.54) is 6.07 Å². The number of nitrogens with one attached hydrogen (secondary N) is 1. The molecule has 2 aromatic rings. The van der Waals surface area contributed by atoms with Gasteiger partial charge in [0.15, 0.2) is 0 Å². The van der Waals surface area contributed by atoms with Crippen molar-refractivity contribution in [2.45, 2.75) is 4.90 Å². The lowest BCUT2D eigenvalue weighted by Gasteiger charge is -2.10. The number of anilines is 1. The summed E-state index contributed by atoms with van der Waals surface area (Å²) in [5.74, 6) is -2.07. The molecule has 0 bridgehead atoms. The number of hydrogen-bond donors (Lipinski definition) is 2. The Morgan fingerprint density at radius 1 is 1.14 bits per heavy atom. The summed E-state index contributed by atoms with van der Waals surface area (Å²) in [5, 5.41) is 18.2. The maximum atomic E-state index is 13.2. The fraction of sp³-hybridized carbons (Fsp3) is 0. The molecule has 0 fully saturated rings. The minimum Gasteiger partial charge on any atom is -0.506 e. The molecule has 108 valence electrons. The molecule has 8 heteroatoms. The Morgan fingerprint density at radius 2 is 1.86 bits per heavy atom. The van der Waals surface area contributed by atoms with Crippen molar-refractivity contribution >= 4 is 15.7 Å². The van der Waals surface area contributed by atoms with Gasteiger partial charge in [-0.1, -0.05) is 0 Å². The van der Waals surface area contributed by atoms with Gasteiger partial charge in [-0.3, -0.25) is 4.72 Å². The zero-order valence-electron chi connectivity index (χ0n) is 10.3. The normalized spacial score (nSPS) is 10.9. The molecule has 0 aliphatic heterocycles. The second-order valence-electron chi connectivity index (χ2n) is 4.02. The molecule has 0 aliphatic rings. The predicted octanol–water partition coefficient (Wildman–Crippen LogP) is 2.34. The highest BCUT2D eigenvalue weighted by Gasteiger charge is 2.18. The molecule has 0 saturated heterocycles. The molecule has 0 unspecified atom stereocenters. The first-order valence-electron chi connectivity index (χ1n) is 5.54. The van der Waals surface area contributed by atoms with E-state index in [2.05, 4.69) is 0 Å². The molecular weight excluding hydrogens is 302 g/mol. The smallest absolute Gasteiger partial charge is 0.262 e. The maximum absolute atomic E-state index is 13.2. The molecule has 0 aliphatic carbocycles. The van der Waals surface area contributed by atoms with Gasteiger partial charge in [0.1, 0.15) is 23.5 Å². The van der Waals surface area contributed by atoms with Crippen LogP contribution in [0.2, 0.25) is 0 Å². The molecule has 2 N–H and O–H groups in total. The maximum Gasteiger partial charge on any atom is 0.262 e. The summed E-state index contributed by atoms with van der Waals surface area (Å²) in [6.07, 6.45) is 0. The van der Waals surface area contributed by atoms with Crippen molar-refractivity contribution < 1.29 is 22.3 Å². The molecule has 0 saturated carbocycles. The van der Waals surface area contributed by atoms with E-state index in [-0.39, 0.29) is 10.6 Å². The van der Waals surface area contributed by atoms with Gasteiger partial charge in [-0.2, -0.15) is 5.26 Å². The number of benzene rings is 2. The van der Waals surface area contributed by atoms with Gasteiger partial charge in [0.2, 0.25) is 0 Å². The van der Waals surface area contributed by atoms with Crippen molar-refractivity contribution in [3.05, 3.63) is 53.6 Å². The first-order valence-corrected chi connectivity index (χ1v) is 7.03. The Hall–Kier alpha value is -2.66. The van der Waals surface area contributed by atoms with Gasteiger partial charge >= 0.3 is 0 Å². The second kappa shape index (κ2) is 5.38. The highest BCUT2D eigenvalue weighted by molar-refractivity contribution is 7.92. The highest BCUT2D eigenvalue weighted by atomic mass is 32.2. The van der Waals surface area contributed by atoms with E-state index in [4.69, 9.17) is 5.26 Å². The number of rotatable bonds is 3. The van der Waals surface area contributed by atoms with E-state index in [0.717, 1.165) is 36.4 Å². The lowest BCUT2D eigenvalue weighted by molar-refractivity contribution is 0.475. The third-order valence-corrected chi connectivity index (χ3v) is 3.93. The van der Waals surface area contributed by atoms with Crippen LogP contribution in [-0.4, -0.2) is 13.5 Å². The Labute approximate surface area is 119 Å². The van der Waals surface area contributed by atoms with Gasteiger partial charge in [0.25, 0.3) is 10.0 Å². The number of nitrogens with zero attached hydrogens (tertiary/aromatic N) is 1. The largest absolute Gasteiger partial charge is 0.506 e. The third-order valence-electron chi connectivity index (χ3n) is 2.57. The SMILES string of the molecule is N#Cc1cc(S(=O)(=O)Nc2cc(F)ccc2O)ccc1F. The van der Waals surface area contributed by atoms with Crippen molar-refractivity contribution in [2.75, 3.05) is 4.72 Å². The van der Waals surface area contributed by atoms with Gasteiger partial charge in [0.05, 0.1) is 16.1 Å². The second-order valence-corrected chi connectivity index (χ2v) is 5.70. The van der Waals surface area contributed by atoms with Gasteiger partial charge in [0, 0.05) is 6.07 Å². The van der Waals surface area contributed by atoms with Crippen LogP contribution < -0.4 is 4.72 Å². The fourth-order valence-electron chi connectivity index (χ4n) is 1.55. The molecule has 5 nitrogen and oxygen atoms in total. The standard InChI is InChI=1S/C13H8F2N2O3S/c14-9-1-4-13(18)12(6-9)17-21(19,20)10-2-3-11(15)8(5-10)7-16/h1-6,17-18H. The van der Waals surface area contributed by atoms with Gasteiger partial charge in [-0.25, -0.2) is 17.2 Å². The molecule has 2 rings (SSSR count).